The number of carbonyl (C=O) groups excluding carboxylic acids is 2. The topological polar surface area (TPSA) is 68.7 Å². The molecular weight excluding hydrogens is 423 g/mol. The zero-order chi connectivity index (χ0) is 24.4. The molecule has 2 aromatic rings. The van der Waals surface area contributed by atoms with Crippen LogP contribution in [0.1, 0.15) is 76.5 Å². The largest absolute Gasteiger partial charge is 0.444 e. The van der Waals surface area contributed by atoms with Crippen molar-refractivity contribution in [2.75, 3.05) is 6.67 Å². The lowest BCUT2D eigenvalue weighted by atomic mass is 9.99. The summed E-state index contributed by atoms with van der Waals surface area (Å²) in [5.74, 6) is 0.0344. The van der Waals surface area contributed by atoms with E-state index in [1.165, 1.54) is 4.90 Å². The Morgan fingerprint density at radius 1 is 1.12 bits per heavy atom. The van der Waals surface area contributed by atoms with Crippen molar-refractivity contribution in [2.45, 2.75) is 77.9 Å². The Morgan fingerprint density at radius 3 is 2.27 bits per heavy atom. The Morgan fingerprint density at radius 2 is 1.76 bits per heavy atom. The first kappa shape index (κ1) is 24.8. The third-order valence-electron chi connectivity index (χ3n) is 5.52. The summed E-state index contributed by atoms with van der Waals surface area (Å²) in [7, 11) is 0. The minimum absolute atomic E-state index is 0.0344. The third kappa shape index (κ3) is 5.58. The molecule has 7 heteroatoms. The van der Waals surface area contributed by atoms with Crippen molar-refractivity contribution in [1.82, 2.24) is 9.88 Å². The van der Waals surface area contributed by atoms with Gasteiger partial charge in [0.15, 0.2) is 5.78 Å². The molecule has 1 aromatic heterocycles. The van der Waals surface area contributed by atoms with Crippen molar-refractivity contribution in [2.24, 2.45) is 0 Å². The van der Waals surface area contributed by atoms with Crippen molar-refractivity contribution in [1.29, 1.82) is 0 Å². The number of halogens is 1. The Hall–Kier alpha value is -2.80. The fourth-order valence-corrected chi connectivity index (χ4v) is 4.04. The molecule has 2 heterocycles. The molecule has 1 aliphatic heterocycles. The smallest absolute Gasteiger partial charge is 0.413 e. The maximum atomic E-state index is 14.2. The summed E-state index contributed by atoms with van der Waals surface area (Å²) in [5, 5.41) is 0. The van der Waals surface area contributed by atoms with E-state index >= 15 is 0 Å². The molecule has 178 valence electrons. The number of hydrogen-bond acceptors (Lipinski definition) is 5. The van der Waals surface area contributed by atoms with E-state index in [2.05, 4.69) is 4.98 Å². The highest BCUT2D eigenvalue weighted by Crippen LogP contribution is 2.42. The minimum atomic E-state index is -1.02. The lowest BCUT2D eigenvalue weighted by Crippen LogP contribution is -2.50. The second kappa shape index (κ2) is 9.59. The van der Waals surface area contributed by atoms with Gasteiger partial charge in [-0.15, -0.1) is 0 Å². The first-order valence-electron chi connectivity index (χ1n) is 11.3. The summed E-state index contributed by atoms with van der Waals surface area (Å²) >= 11 is 0. The number of carbonyl (C=O) groups is 2. The highest BCUT2D eigenvalue weighted by Gasteiger charge is 2.51. The molecule has 6 nitrogen and oxygen atoms in total. The summed E-state index contributed by atoms with van der Waals surface area (Å²) < 4.78 is 25.8. The van der Waals surface area contributed by atoms with Gasteiger partial charge >= 0.3 is 6.09 Å². The molecule has 1 saturated heterocycles. The molecule has 1 fully saturated rings. The van der Waals surface area contributed by atoms with Crippen LogP contribution in [0.5, 0.6) is 0 Å². The molecule has 1 aliphatic rings. The lowest BCUT2D eigenvalue weighted by Gasteiger charge is -2.34. The van der Waals surface area contributed by atoms with Crippen molar-refractivity contribution >= 4 is 11.9 Å². The number of Topliss-reactive ketones (excluding diaryl/α,β-unsaturated/α-hetero) is 1. The number of aromatic nitrogens is 1. The molecule has 2 atom stereocenters. The Kier molecular flexibility index (Phi) is 7.22. The Balaban J connectivity index is 1.81. The number of amides is 1. The Labute approximate surface area is 195 Å². The molecular formula is C26H33FN2O4. The molecule has 0 saturated carbocycles. The van der Waals surface area contributed by atoms with Gasteiger partial charge in [-0.05, 0) is 58.2 Å². The summed E-state index contributed by atoms with van der Waals surface area (Å²) in [6.45, 7) is 10.0. The number of nitrogens with zero attached hydrogens (tertiary/aromatic N) is 2. The number of alkyl halides is 1. The minimum Gasteiger partial charge on any atom is -0.444 e. The van der Waals surface area contributed by atoms with E-state index in [1.807, 2.05) is 37.3 Å². The summed E-state index contributed by atoms with van der Waals surface area (Å²) in [6.07, 6.45) is 1.72. The average Bonchev–Trinajstić information content (AvgIpc) is 3.03. The molecule has 0 radical (unpaired) electrons. The van der Waals surface area contributed by atoms with Crippen molar-refractivity contribution in [3.05, 3.63) is 53.9 Å². The van der Waals surface area contributed by atoms with Crippen LogP contribution in [-0.2, 0) is 9.47 Å². The van der Waals surface area contributed by atoms with Crippen molar-refractivity contribution in [3.8, 4) is 11.1 Å². The first-order valence-corrected chi connectivity index (χ1v) is 11.3. The quantitative estimate of drug-likeness (QED) is 0.490. The Bertz CT molecular complexity index is 981. The highest BCUT2D eigenvalue weighted by atomic mass is 19.1. The van der Waals surface area contributed by atoms with E-state index in [0.29, 0.717) is 12.1 Å². The second-order valence-corrected chi connectivity index (χ2v) is 9.78. The lowest BCUT2D eigenvalue weighted by molar-refractivity contribution is -0.0797. The van der Waals surface area contributed by atoms with Crippen LogP contribution in [-0.4, -0.2) is 45.8 Å². The van der Waals surface area contributed by atoms with Crippen molar-refractivity contribution < 1.29 is 23.5 Å². The van der Waals surface area contributed by atoms with Gasteiger partial charge in [0.1, 0.15) is 29.8 Å². The van der Waals surface area contributed by atoms with Crippen LogP contribution >= 0.6 is 0 Å². The predicted octanol–water partition coefficient (Wildman–Crippen LogP) is 6.11. The number of ketones is 1. The normalized spacial score (nSPS) is 20.0. The SMILES string of the molecule is CCCC(=O)c1ccc(-c2ccc([C@H]3OC(C)(C)N(C(=O)OC(C)(C)C)[C@@H]3CF)cc2)cn1. The zero-order valence-corrected chi connectivity index (χ0v) is 20.2. The van der Waals surface area contributed by atoms with E-state index in [0.717, 1.165) is 23.1 Å². The standard InChI is InChI=1S/C26H33FN2O4/c1-7-8-22(30)20-14-13-19(16-28-20)17-9-11-18(12-10-17)23-21(15-27)29(26(5,6)32-23)24(31)33-25(2,3)4/h9-14,16,21,23H,7-8,15H2,1-6H3/t21-,23-/m1/s1. The van der Waals surface area contributed by atoms with Crippen molar-refractivity contribution in [3.63, 3.8) is 0 Å². The van der Waals surface area contributed by atoms with Crippen LogP contribution in [0.25, 0.3) is 11.1 Å². The van der Waals surface area contributed by atoms with Gasteiger partial charge in [0.05, 0.1) is 6.04 Å². The van der Waals surface area contributed by atoms with Gasteiger partial charge in [0.2, 0.25) is 0 Å². The van der Waals surface area contributed by atoms with Gasteiger partial charge in [0, 0.05) is 18.2 Å². The average molecular weight is 457 g/mol. The molecule has 0 spiro atoms. The van der Waals surface area contributed by atoms with Crippen LogP contribution in [0.4, 0.5) is 9.18 Å². The molecule has 1 aromatic carbocycles. The van der Waals surface area contributed by atoms with Crippen LogP contribution in [0.2, 0.25) is 0 Å². The molecule has 0 bridgehead atoms. The highest BCUT2D eigenvalue weighted by molar-refractivity contribution is 5.94. The van der Waals surface area contributed by atoms with Crippen LogP contribution in [0.15, 0.2) is 42.6 Å². The number of rotatable bonds is 6. The van der Waals surface area contributed by atoms with E-state index in [9.17, 15) is 14.0 Å². The predicted molar refractivity (Wildman–Crippen MR) is 125 cm³/mol. The molecule has 1 amide bonds. The van der Waals surface area contributed by atoms with E-state index in [1.54, 1.807) is 46.9 Å². The molecule has 3 rings (SSSR count). The third-order valence-corrected chi connectivity index (χ3v) is 5.52. The summed E-state index contributed by atoms with van der Waals surface area (Å²) in [6, 6.07) is 10.4. The van der Waals surface area contributed by atoms with Gasteiger partial charge in [-0.3, -0.25) is 14.7 Å². The van der Waals surface area contributed by atoms with Gasteiger partial charge in [0.25, 0.3) is 0 Å². The molecule has 0 N–H and O–H groups in total. The number of ether oxygens (including phenoxy) is 2. The fraction of sp³-hybridized carbons (Fsp3) is 0.500. The van der Waals surface area contributed by atoms with Gasteiger partial charge < -0.3 is 9.47 Å². The second-order valence-electron chi connectivity index (χ2n) is 9.78. The van der Waals surface area contributed by atoms with Crippen LogP contribution in [0.3, 0.4) is 0 Å². The molecule has 33 heavy (non-hydrogen) atoms. The first-order chi connectivity index (χ1) is 15.5. The zero-order valence-electron chi connectivity index (χ0n) is 20.2. The van der Waals surface area contributed by atoms with Crippen LogP contribution < -0.4 is 0 Å². The van der Waals surface area contributed by atoms with Gasteiger partial charge in [-0.2, -0.15) is 0 Å². The fourth-order valence-electron chi connectivity index (χ4n) is 4.04. The monoisotopic (exact) mass is 456 g/mol. The van der Waals surface area contributed by atoms with Crippen LogP contribution in [0, 0.1) is 0 Å². The molecule has 0 unspecified atom stereocenters. The van der Waals surface area contributed by atoms with E-state index in [-0.39, 0.29) is 5.78 Å². The maximum absolute atomic E-state index is 14.2. The molecule has 0 aliphatic carbocycles. The number of pyridine rings is 1. The van der Waals surface area contributed by atoms with E-state index < -0.39 is 36.2 Å². The summed E-state index contributed by atoms with van der Waals surface area (Å²) in [4.78, 5) is 30.5. The maximum Gasteiger partial charge on any atom is 0.413 e. The van der Waals surface area contributed by atoms with Gasteiger partial charge in [-0.25, -0.2) is 9.18 Å². The van der Waals surface area contributed by atoms with Gasteiger partial charge in [-0.1, -0.05) is 37.3 Å². The summed E-state index contributed by atoms with van der Waals surface area (Å²) in [5.41, 5.74) is 1.31. The van der Waals surface area contributed by atoms with E-state index in [4.69, 9.17) is 9.47 Å². The number of hydrogen-bond donors (Lipinski definition) is 0. The number of benzene rings is 1.